The standard InChI is InChI=1S/C23H22N2O5S/c1-30-23(27)17-8-11-19(12-9-17)24-22(26)21-7-4-14-25(21)31(28,29)20-13-10-16-5-2-3-6-18(16)15-20/h2-3,5-6,8-13,15,21H,4,7,14H2,1H3,(H,24,26)/t21-/m0/s1. The Hall–Kier alpha value is -3.23. The zero-order valence-electron chi connectivity index (χ0n) is 16.9. The molecular formula is C23H22N2O5S. The number of benzene rings is 3. The number of ether oxygens (including phenoxy) is 1. The molecule has 0 aromatic heterocycles. The molecule has 0 saturated carbocycles. The van der Waals surface area contributed by atoms with Gasteiger partial charge in [0, 0.05) is 12.2 Å². The molecule has 0 bridgehead atoms. The highest BCUT2D eigenvalue weighted by atomic mass is 32.2. The molecule has 0 radical (unpaired) electrons. The van der Waals surface area contributed by atoms with Crippen molar-refractivity contribution in [3.8, 4) is 0 Å². The number of fused-ring (bicyclic) bond motifs is 1. The Labute approximate surface area is 180 Å². The second kappa shape index (κ2) is 8.49. The molecule has 1 saturated heterocycles. The maximum Gasteiger partial charge on any atom is 0.337 e. The topological polar surface area (TPSA) is 92.8 Å². The number of amides is 1. The van der Waals surface area contributed by atoms with Crippen LogP contribution in [0.25, 0.3) is 10.8 Å². The van der Waals surface area contributed by atoms with Crippen LogP contribution in [-0.2, 0) is 19.6 Å². The van der Waals surface area contributed by atoms with Crippen molar-refractivity contribution in [3.63, 3.8) is 0 Å². The van der Waals surface area contributed by atoms with Crippen LogP contribution in [0.1, 0.15) is 23.2 Å². The van der Waals surface area contributed by atoms with Gasteiger partial charge in [-0.15, -0.1) is 0 Å². The van der Waals surface area contributed by atoms with Gasteiger partial charge < -0.3 is 10.1 Å². The highest BCUT2D eigenvalue weighted by Gasteiger charge is 2.39. The molecule has 0 unspecified atom stereocenters. The fraction of sp³-hybridized carbons (Fsp3) is 0.217. The molecule has 1 N–H and O–H groups in total. The van der Waals surface area contributed by atoms with E-state index >= 15 is 0 Å². The molecule has 3 aromatic carbocycles. The number of carbonyl (C=O) groups excluding carboxylic acids is 2. The van der Waals surface area contributed by atoms with Crippen LogP contribution in [0.4, 0.5) is 5.69 Å². The maximum absolute atomic E-state index is 13.3. The number of methoxy groups -OCH3 is 1. The number of nitrogens with zero attached hydrogens (tertiary/aromatic N) is 1. The Morgan fingerprint density at radius 2 is 1.71 bits per heavy atom. The summed E-state index contributed by atoms with van der Waals surface area (Å²) in [5, 5.41) is 4.53. The van der Waals surface area contributed by atoms with E-state index in [1.807, 2.05) is 24.3 Å². The average Bonchev–Trinajstić information content (AvgIpc) is 3.30. The van der Waals surface area contributed by atoms with Gasteiger partial charge in [-0.1, -0.05) is 30.3 Å². The third-order valence-corrected chi connectivity index (χ3v) is 7.31. The molecule has 1 aliphatic heterocycles. The van der Waals surface area contributed by atoms with E-state index in [-0.39, 0.29) is 11.4 Å². The third kappa shape index (κ3) is 4.17. The maximum atomic E-state index is 13.3. The lowest BCUT2D eigenvalue weighted by molar-refractivity contribution is -0.119. The SMILES string of the molecule is COC(=O)c1ccc(NC(=O)[C@@H]2CCCN2S(=O)(=O)c2ccc3ccccc3c2)cc1. The van der Waals surface area contributed by atoms with Crippen LogP contribution in [0.15, 0.2) is 71.6 Å². The number of esters is 1. The Kier molecular flexibility index (Phi) is 5.75. The first-order chi connectivity index (χ1) is 14.9. The molecule has 0 spiro atoms. The van der Waals surface area contributed by atoms with E-state index < -0.39 is 27.9 Å². The van der Waals surface area contributed by atoms with Crippen molar-refractivity contribution in [1.29, 1.82) is 0 Å². The average molecular weight is 439 g/mol. The Morgan fingerprint density at radius 3 is 2.42 bits per heavy atom. The fourth-order valence-electron chi connectivity index (χ4n) is 3.79. The minimum atomic E-state index is -3.83. The minimum Gasteiger partial charge on any atom is -0.465 e. The van der Waals surface area contributed by atoms with Gasteiger partial charge in [0.15, 0.2) is 0 Å². The molecular weight excluding hydrogens is 416 g/mol. The molecule has 3 aromatic rings. The molecule has 7 nitrogen and oxygen atoms in total. The van der Waals surface area contributed by atoms with E-state index in [1.54, 1.807) is 42.5 Å². The van der Waals surface area contributed by atoms with E-state index in [4.69, 9.17) is 0 Å². The smallest absolute Gasteiger partial charge is 0.337 e. The van der Waals surface area contributed by atoms with E-state index in [9.17, 15) is 18.0 Å². The number of nitrogens with one attached hydrogen (secondary N) is 1. The summed E-state index contributed by atoms with van der Waals surface area (Å²) in [5.41, 5.74) is 0.842. The molecule has 1 aliphatic rings. The number of carbonyl (C=O) groups is 2. The van der Waals surface area contributed by atoms with Crippen LogP contribution in [0, 0.1) is 0 Å². The van der Waals surface area contributed by atoms with E-state index in [0.29, 0.717) is 24.1 Å². The zero-order valence-corrected chi connectivity index (χ0v) is 17.8. The molecule has 4 rings (SSSR count). The highest BCUT2D eigenvalue weighted by Crippen LogP contribution is 2.29. The van der Waals surface area contributed by atoms with Crippen LogP contribution in [-0.4, -0.2) is 44.3 Å². The van der Waals surface area contributed by atoms with Gasteiger partial charge in [0.25, 0.3) is 0 Å². The van der Waals surface area contributed by atoms with Crippen LogP contribution in [0.2, 0.25) is 0 Å². The first kappa shape index (κ1) is 21.0. The van der Waals surface area contributed by atoms with Crippen LogP contribution in [0.5, 0.6) is 0 Å². The van der Waals surface area contributed by atoms with Crippen molar-refractivity contribution in [2.45, 2.75) is 23.8 Å². The first-order valence-electron chi connectivity index (χ1n) is 9.90. The van der Waals surface area contributed by atoms with E-state index in [0.717, 1.165) is 10.8 Å². The van der Waals surface area contributed by atoms with Gasteiger partial charge in [-0.2, -0.15) is 4.31 Å². The molecule has 0 aliphatic carbocycles. The van der Waals surface area contributed by atoms with Crippen molar-refractivity contribution < 1.29 is 22.7 Å². The van der Waals surface area contributed by atoms with Crippen molar-refractivity contribution in [1.82, 2.24) is 4.31 Å². The number of hydrogen-bond acceptors (Lipinski definition) is 5. The fourth-order valence-corrected chi connectivity index (χ4v) is 5.48. The second-order valence-electron chi connectivity index (χ2n) is 7.34. The van der Waals surface area contributed by atoms with E-state index in [2.05, 4.69) is 10.1 Å². The van der Waals surface area contributed by atoms with Gasteiger partial charge in [0.2, 0.25) is 15.9 Å². The van der Waals surface area contributed by atoms with Crippen molar-refractivity contribution in [2.75, 3.05) is 19.0 Å². The van der Waals surface area contributed by atoms with Gasteiger partial charge in [0.1, 0.15) is 6.04 Å². The highest BCUT2D eigenvalue weighted by molar-refractivity contribution is 7.89. The van der Waals surface area contributed by atoms with E-state index in [1.165, 1.54) is 11.4 Å². The molecule has 1 heterocycles. The Balaban J connectivity index is 1.54. The third-order valence-electron chi connectivity index (χ3n) is 5.41. The largest absolute Gasteiger partial charge is 0.465 e. The summed E-state index contributed by atoms with van der Waals surface area (Å²) < 4.78 is 32.5. The lowest BCUT2D eigenvalue weighted by Gasteiger charge is -2.23. The summed E-state index contributed by atoms with van der Waals surface area (Å²) in [6.45, 7) is 0.286. The van der Waals surface area contributed by atoms with Gasteiger partial charge in [-0.25, -0.2) is 13.2 Å². The summed E-state index contributed by atoms with van der Waals surface area (Å²) in [6.07, 6.45) is 1.05. The lowest BCUT2D eigenvalue weighted by Crippen LogP contribution is -2.43. The molecule has 1 fully saturated rings. The van der Waals surface area contributed by atoms with Gasteiger partial charge >= 0.3 is 5.97 Å². The predicted octanol–water partition coefficient (Wildman–Crippen LogP) is 3.42. The van der Waals surface area contributed by atoms with Crippen molar-refractivity contribution >= 4 is 38.4 Å². The molecule has 1 amide bonds. The summed E-state index contributed by atoms with van der Waals surface area (Å²) in [6, 6.07) is 18.0. The Morgan fingerprint density at radius 1 is 1.00 bits per heavy atom. The summed E-state index contributed by atoms with van der Waals surface area (Å²) in [7, 11) is -2.53. The van der Waals surface area contributed by atoms with Crippen LogP contribution < -0.4 is 5.32 Å². The monoisotopic (exact) mass is 438 g/mol. The van der Waals surface area contributed by atoms with Gasteiger partial charge in [0.05, 0.1) is 17.6 Å². The molecule has 8 heteroatoms. The van der Waals surface area contributed by atoms with Crippen LogP contribution >= 0.6 is 0 Å². The lowest BCUT2D eigenvalue weighted by atomic mass is 10.1. The minimum absolute atomic E-state index is 0.174. The van der Waals surface area contributed by atoms with Gasteiger partial charge in [-0.05, 0) is 60.0 Å². The van der Waals surface area contributed by atoms with Crippen molar-refractivity contribution in [2.24, 2.45) is 0 Å². The van der Waals surface area contributed by atoms with Gasteiger partial charge in [-0.3, -0.25) is 4.79 Å². The van der Waals surface area contributed by atoms with Crippen LogP contribution in [0.3, 0.4) is 0 Å². The summed E-state index contributed by atoms with van der Waals surface area (Å²) in [5.74, 6) is -0.867. The van der Waals surface area contributed by atoms with Crippen molar-refractivity contribution in [3.05, 3.63) is 72.3 Å². The summed E-state index contributed by atoms with van der Waals surface area (Å²) >= 11 is 0. The molecule has 1 atom stereocenters. The first-order valence-corrected chi connectivity index (χ1v) is 11.3. The number of sulfonamides is 1. The Bertz CT molecular complexity index is 1240. The summed E-state index contributed by atoms with van der Waals surface area (Å²) in [4.78, 5) is 24.6. The number of rotatable bonds is 5. The predicted molar refractivity (Wildman–Crippen MR) is 117 cm³/mol. The number of hydrogen-bond donors (Lipinski definition) is 1. The molecule has 31 heavy (non-hydrogen) atoms. The zero-order chi connectivity index (χ0) is 22.0. The normalized spacial score (nSPS) is 16.9. The number of anilines is 1. The second-order valence-corrected chi connectivity index (χ2v) is 9.23. The molecule has 160 valence electrons. The quantitative estimate of drug-likeness (QED) is 0.616.